The fourth-order valence-corrected chi connectivity index (χ4v) is 3.22. The highest BCUT2D eigenvalue weighted by Crippen LogP contribution is 2.26. The fraction of sp³-hybridized carbons (Fsp3) is 0.900. The number of hydrogen-bond donors (Lipinski definition) is 2. The number of rotatable bonds is 2. The van der Waals surface area contributed by atoms with Crippen LogP contribution < -0.4 is 10.6 Å². The quantitative estimate of drug-likeness (QED) is 0.713. The van der Waals surface area contributed by atoms with Crippen LogP contribution in [0.15, 0.2) is 0 Å². The minimum absolute atomic E-state index is 0.233. The molecule has 0 spiro atoms. The van der Waals surface area contributed by atoms with Crippen LogP contribution in [-0.4, -0.2) is 36.0 Å². The third-order valence-corrected chi connectivity index (χ3v) is 4.24. The SMILES string of the molecule is O=C(N[C@@H]1CCCNC1)C1CCCS1. The number of amides is 1. The molecule has 4 heteroatoms. The Labute approximate surface area is 89.4 Å². The number of carbonyl (C=O) groups is 1. The Balaban J connectivity index is 1.75. The summed E-state index contributed by atoms with van der Waals surface area (Å²) in [6, 6.07) is 0.373. The van der Waals surface area contributed by atoms with Crippen LogP contribution in [0.5, 0.6) is 0 Å². The van der Waals surface area contributed by atoms with Gasteiger partial charge in [-0.05, 0) is 38.0 Å². The van der Waals surface area contributed by atoms with Crippen LogP contribution in [0, 0.1) is 0 Å². The minimum Gasteiger partial charge on any atom is -0.351 e. The second kappa shape index (κ2) is 5.03. The van der Waals surface area contributed by atoms with Crippen molar-refractivity contribution in [1.82, 2.24) is 10.6 Å². The number of piperidine rings is 1. The molecule has 2 aliphatic rings. The maximum atomic E-state index is 11.8. The summed E-state index contributed by atoms with van der Waals surface area (Å²) in [4.78, 5) is 11.8. The zero-order chi connectivity index (χ0) is 9.80. The van der Waals surface area contributed by atoms with Crippen LogP contribution in [0.25, 0.3) is 0 Å². The average Bonchev–Trinajstić information content (AvgIpc) is 2.72. The Hall–Kier alpha value is -0.220. The summed E-state index contributed by atoms with van der Waals surface area (Å²) in [5, 5.41) is 6.68. The molecule has 2 aliphatic heterocycles. The number of hydrogen-bond acceptors (Lipinski definition) is 3. The molecular weight excluding hydrogens is 196 g/mol. The largest absolute Gasteiger partial charge is 0.351 e. The molecule has 14 heavy (non-hydrogen) atoms. The molecule has 0 bridgehead atoms. The van der Waals surface area contributed by atoms with E-state index in [-0.39, 0.29) is 11.2 Å². The molecule has 2 atom stereocenters. The first kappa shape index (κ1) is 10.3. The van der Waals surface area contributed by atoms with E-state index in [0.29, 0.717) is 6.04 Å². The van der Waals surface area contributed by atoms with Crippen molar-refractivity contribution >= 4 is 17.7 Å². The van der Waals surface area contributed by atoms with Crippen molar-refractivity contribution in [3.8, 4) is 0 Å². The fourth-order valence-electron chi connectivity index (χ4n) is 2.05. The predicted octanol–water partition coefficient (Wildman–Crippen LogP) is 0.750. The Morgan fingerprint density at radius 1 is 1.36 bits per heavy atom. The van der Waals surface area contributed by atoms with E-state index in [0.717, 1.165) is 31.7 Å². The van der Waals surface area contributed by atoms with Gasteiger partial charge in [-0.2, -0.15) is 0 Å². The van der Waals surface area contributed by atoms with E-state index in [2.05, 4.69) is 10.6 Å². The van der Waals surface area contributed by atoms with Gasteiger partial charge in [0.15, 0.2) is 0 Å². The van der Waals surface area contributed by atoms with Gasteiger partial charge in [0.25, 0.3) is 0 Å². The number of carbonyl (C=O) groups excluding carboxylic acids is 1. The summed E-state index contributed by atoms with van der Waals surface area (Å²) in [5.74, 6) is 1.42. The zero-order valence-corrected chi connectivity index (χ0v) is 9.24. The van der Waals surface area contributed by atoms with Crippen LogP contribution >= 0.6 is 11.8 Å². The van der Waals surface area contributed by atoms with Gasteiger partial charge in [-0.3, -0.25) is 4.79 Å². The van der Waals surface area contributed by atoms with Gasteiger partial charge in [-0.15, -0.1) is 11.8 Å². The second-order valence-electron chi connectivity index (χ2n) is 4.05. The molecule has 1 unspecified atom stereocenters. The standard InChI is InChI=1S/C10H18N2OS/c13-10(9-4-2-6-14-9)12-8-3-1-5-11-7-8/h8-9,11H,1-7H2,(H,12,13)/t8-,9?/m1/s1. The summed E-state index contributed by atoms with van der Waals surface area (Å²) in [7, 11) is 0. The van der Waals surface area contributed by atoms with Crippen LogP contribution in [0.4, 0.5) is 0 Å². The van der Waals surface area contributed by atoms with Crippen molar-refractivity contribution in [1.29, 1.82) is 0 Å². The van der Waals surface area contributed by atoms with Crippen LogP contribution in [0.2, 0.25) is 0 Å². The van der Waals surface area contributed by atoms with E-state index in [1.807, 2.05) is 0 Å². The molecule has 2 rings (SSSR count). The lowest BCUT2D eigenvalue weighted by Crippen LogP contribution is -2.47. The van der Waals surface area contributed by atoms with Gasteiger partial charge in [0.1, 0.15) is 0 Å². The first-order chi connectivity index (χ1) is 6.86. The van der Waals surface area contributed by atoms with Gasteiger partial charge in [-0.25, -0.2) is 0 Å². The third kappa shape index (κ3) is 2.64. The molecule has 80 valence electrons. The van der Waals surface area contributed by atoms with Crippen LogP contribution in [-0.2, 0) is 4.79 Å². The van der Waals surface area contributed by atoms with E-state index in [1.165, 1.54) is 12.8 Å². The second-order valence-corrected chi connectivity index (χ2v) is 5.36. The lowest BCUT2D eigenvalue weighted by atomic mass is 10.1. The maximum absolute atomic E-state index is 11.8. The molecule has 0 aromatic carbocycles. The number of nitrogens with one attached hydrogen (secondary N) is 2. The monoisotopic (exact) mass is 214 g/mol. The maximum Gasteiger partial charge on any atom is 0.233 e. The highest BCUT2D eigenvalue weighted by Gasteiger charge is 2.25. The van der Waals surface area contributed by atoms with Gasteiger partial charge in [0, 0.05) is 12.6 Å². The van der Waals surface area contributed by atoms with Crippen molar-refractivity contribution in [2.45, 2.75) is 37.0 Å². The van der Waals surface area contributed by atoms with Crippen molar-refractivity contribution in [2.75, 3.05) is 18.8 Å². The Morgan fingerprint density at radius 2 is 2.29 bits per heavy atom. The van der Waals surface area contributed by atoms with Gasteiger partial charge >= 0.3 is 0 Å². The van der Waals surface area contributed by atoms with Gasteiger partial charge in [0.05, 0.1) is 5.25 Å². The van der Waals surface area contributed by atoms with Crippen molar-refractivity contribution in [3.63, 3.8) is 0 Å². The highest BCUT2D eigenvalue weighted by atomic mass is 32.2. The zero-order valence-electron chi connectivity index (χ0n) is 8.42. The van der Waals surface area contributed by atoms with Crippen LogP contribution in [0.1, 0.15) is 25.7 Å². The van der Waals surface area contributed by atoms with E-state index < -0.39 is 0 Å². The Bertz CT molecular complexity index is 198. The molecule has 0 aromatic heterocycles. The van der Waals surface area contributed by atoms with Gasteiger partial charge < -0.3 is 10.6 Å². The summed E-state index contributed by atoms with van der Waals surface area (Å²) in [6.45, 7) is 2.05. The number of thioether (sulfide) groups is 1. The van der Waals surface area contributed by atoms with Crippen molar-refractivity contribution in [2.24, 2.45) is 0 Å². The minimum atomic E-state index is 0.233. The van der Waals surface area contributed by atoms with Crippen molar-refractivity contribution < 1.29 is 4.79 Å². The van der Waals surface area contributed by atoms with E-state index in [1.54, 1.807) is 11.8 Å². The first-order valence-electron chi connectivity index (χ1n) is 5.49. The summed E-state index contributed by atoms with van der Waals surface area (Å²) in [6.07, 6.45) is 4.58. The third-order valence-electron chi connectivity index (χ3n) is 2.87. The lowest BCUT2D eigenvalue weighted by Gasteiger charge is -2.24. The molecular formula is C10H18N2OS. The summed E-state index contributed by atoms with van der Waals surface area (Å²) < 4.78 is 0. The van der Waals surface area contributed by atoms with Gasteiger partial charge in [-0.1, -0.05) is 0 Å². The molecule has 3 nitrogen and oxygen atoms in total. The Kier molecular flexibility index (Phi) is 3.70. The molecule has 2 N–H and O–H groups in total. The normalized spacial score (nSPS) is 32.9. The molecule has 0 saturated carbocycles. The van der Waals surface area contributed by atoms with Crippen LogP contribution in [0.3, 0.4) is 0 Å². The molecule has 2 heterocycles. The van der Waals surface area contributed by atoms with Crippen molar-refractivity contribution in [3.05, 3.63) is 0 Å². The molecule has 1 amide bonds. The highest BCUT2D eigenvalue weighted by molar-refractivity contribution is 8.00. The molecule has 0 aliphatic carbocycles. The molecule has 0 radical (unpaired) electrons. The average molecular weight is 214 g/mol. The first-order valence-corrected chi connectivity index (χ1v) is 6.54. The topological polar surface area (TPSA) is 41.1 Å². The molecule has 0 aromatic rings. The van der Waals surface area contributed by atoms with E-state index in [4.69, 9.17) is 0 Å². The Morgan fingerprint density at radius 3 is 2.93 bits per heavy atom. The summed E-state index contributed by atoms with van der Waals surface area (Å²) >= 11 is 1.81. The molecule has 2 saturated heterocycles. The smallest absolute Gasteiger partial charge is 0.233 e. The summed E-state index contributed by atoms with van der Waals surface area (Å²) in [5.41, 5.74) is 0. The van der Waals surface area contributed by atoms with E-state index >= 15 is 0 Å². The van der Waals surface area contributed by atoms with Gasteiger partial charge in [0.2, 0.25) is 5.91 Å². The predicted molar refractivity (Wildman–Crippen MR) is 59.5 cm³/mol. The lowest BCUT2D eigenvalue weighted by molar-refractivity contribution is -0.121. The molecule has 2 fully saturated rings. The van der Waals surface area contributed by atoms with E-state index in [9.17, 15) is 4.79 Å².